The van der Waals surface area contributed by atoms with Gasteiger partial charge in [-0.2, -0.15) is 0 Å². The molecule has 7 nitrogen and oxygen atoms in total. The number of benzene rings is 2. The number of hydrogen-bond donors (Lipinski definition) is 1. The van der Waals surface area contributed by atoms with Gasteiger partial charge in [-0.1, -0.05) is 6.07 Å². The molecule has 1 aliphatic rings. The van der Waals surface area contributed by atoms with E-state index in [1.807, 2.05) is 18.2 Å². The molecule has 0 aromatic heterocycles. The summed E-state index contributed by atoms with van der Waals surface area (Å²) >= 11 is 0. The van der Waals surface area contributed by atoms with Crippen molar-refractivity contribution < 1.29 is 22.7 Å². The average Bonchev–Trinajstić information content (AvgIpc) is 3.08. The van der Waals surface area contributed by atoms with Crippen LogP contribution in [0.2, 0.25) is 0 Å². The number of sulfonamides is 1. The molecule has 138 valence electrons. The SMILES string of the molecule is CN(C)S(=O)(=O)c1ccc(NC(=O)CCc2ccc3c(c2)OCO3)cc1. The maximum absolute atomic E-state index is 12.1. The molecule has 0 radical (unpaired) electrons. The third-order valence-corrected chi connectivity index (χ3v) is 5.82. The second-order valence-electron chi connectivity index (χ2n) is 6.05. The molecule has 2 aromatic rings. The van der Waals surface area contributed by atoms with Gasteiger partial charge >= 0.3 is 0 Å². The molecule has 1 aliphatic heterocycles. The second kappa shape index (κ2) is 7.35. The summed E-state index contributed by atoms with van der Waals surface area (Å²) in [4.78, 5) is 12.3. The Morgan fingerprint density at radius 1 is 1.08 bits per heavy atom. The highest BCUT2D eigenvalue weighted by Crippen LogP contribution is 2.32. The van der Waals surface area contributed by atoms with E-state index in [2.05, 4.69) is 5.32 Å². The van der Waals surface area contributed by atoms with E-state index in [4.69, 9.17) is 9.47 Å². The summed E-state index contributed by atoms with van der Waals surface area (Å²) in [6.45, 7) is 0.221. The number of carbonyl (C=O) groups excluding carboxylic acids is 1. The topological polar surface area (TPSA) is 84.9 Å². The van der Waals surface area contributed by atoms with Crippen LogP contribution in [0.5, 0.6) is 11.5 Å². The van der Waals surface area contributed by atoms with Crippen LogP contribution in [0.25, 0.3) is 0 Å². The Hall–Kier alpha value is -2.58. The number of anilines is 1. The van der Waals surface area contributed by atoms with E-state index in [1.54, 1.807) is 12.1 Å². The second-order valence-corrected chi connectivity index (χ2v) is 8.20. The average molecular weight is 376 g/mol. The van der Waals surface area contributed by atoms with Gasteiger partial charge in [0.15, 0.2) is 11.5 Å². The van der Waals surface area contributed by atoms with Gasteiger partial charge in [0.2, 0.25) is 22.7 Å². The first kappa shape index (κ1) is 18.2. The van der Waals surface area contributed by atoms with Crippen LogP contribution in [0.4, 0.5) is 5.69 Å². The smallest absolute Gasteiger partial charge is 0.242 e. The van der Waals surface area contributed by atoms with Crippen molar-refractivity contribution in [3.05, 3.63) is 48.0 Å². The van der Waals surface area contributed by atoms with Gasteiger partial charge in [0.25, 0.3) is 0 Å². The highest BCUT2D eigenvalue weighted by Gasteiger charge is 2.17. The Bertz CT molecular complexity index is 908. The normalized spacial score (nSPS) is 13.0. The molecular formula is C18H20N2O5S. The van der Waals surface area contributed by atoms with E-state index in [1.165, 1.54) is 26.2 Å². The van der Waals surface area contributed by atoms with E-state index < -0.39 is 10.0 Å². The molecule has 3 rings (SSSR count). The number of amides is 1. The van der Waals surface area contributed by atoms with Crippen LogP contribution in [0.1, 0.15) is 12.0 Å². The summed E-state index contributed by atoms with van der Waals surface area (Å²) in [7, 11) is -0.528. The summed E-state index contributed by atoms with van der Waals surface area (Å²) < 4.78 is 35.8. The number of nitrogens with one attached hydrogen (secondary N) is 1. The highest BCUT2D eigenvalue weighted by molar-refractivity contribution is 7.89. The van der Waals surface area contributed by atoms with E-state index in [9.17, 15) is 13.2 Å². The Morgan fingerprint density at radius 3 is 2.46 bits per heavy atom. The zero-order valence-corrected chi connectivity index (χ0v) is 15.4. The summed E-state index contributed by atoms with van der Waals surface area (Å²) in [6.07, 6.45) is 0.868. The van der Waals surface area contributed by atoms with Crippen LogP contribution in [-0.2, 0) is 21.2 Å². The van der Waals surface area contributed by atoms with Crippen LogP contribution >= 0.6 is 0 Å². The van der Waals surface area contributed by atoms with E-state index in [-0.39, 0.29) is 17.6 Å². The van der Waals surface area contributed by atoms with Crippen molar-refractivity contribution in [1.82, 2.24) is 4.31 Å². The monoisotopic (exact) mass is 376 g/mol. The van der Waals surface area contributed by atoms with Crippen LogP contribution in [0, 0.1) is 0 Å². The third-order valence-electron chi connectivity index (χ3n) is 3.99. The van der Waals surface area contributed by atoms with Crippen molar-refractivity contribution in [3.8, 4) is 11.5 Å². The highest BCUT2D eigenvalue weighted by atomic mass is 32.2. The van der Waals surface area contributed by atoms with Crippen molar-refractivity contribution in [2.75, 3.05) is 26.2 Å². The molecule has 0 saturated heterocycles. The van der Waals surface area contributed by atoms with E-state index >= 15 is 0 Å². The molecule has 0 atom stereocenters. The zero-order chi connectivity index (χ0) is 18.7. The molecule has 0 saturated carbocycles. The van der Waals surface area contributed by atoms with Crippen molar-refractivity contribution >= 4 is 21.6 Å². The minimum atomic E-state index is -3.47. The van der Waals surface area contributed by atoms with Crippen molar-refractivity contribution in [1.29, 1.82) is 0 Å². The molecule has 1 heterocycles. The Labute approximate surface area is 152 Å². The predicted molar refractivity (Wildman–Crippen MR) is 96.8 cm³/mol. The van der Waals surface area contributed by atoms with Crippen LogP contribution < -0.4 is 14.8 Å². The third kappa shape index (κ3) is 3.97. The molecule has 1 N–H and O–H groups in total. The van der Waals surface area contributed by atoms with Crippen LogP contribution in [-0.4, -0.2) is 39.5 Å². The lowest BCUT2D eigenvalue weighted by Crippen LogP contribution is -2.22. The van der Waals surface area contributed by atoms with Crippen molar-refractivity contribution in [2.24, 2.45) is 0 Å². The number of hydrogen-bond acceptors (Lipinski definition) is 5. The fourth-order valence-electron chi connectivity index (χ4n) is 2.50. The maximum atomic E-state index is 12.1. The number of nitrogens with zero attached hydrogens (tertiary/aromatic N) is 1. The van der Waals surface area contributed by atoms with E-state index in [0.29, 0.717) is 30.0 Å². The molecule has 26 heavy (non-hydrogen) atoms. The van der Waals surface area contributed by atoms with Gasteiger partial charge in [-0.15, -0.1) is 0 Å². The van der Waals surface area contributed by atoms with E-state index in [0.717, 1.165) is 9.87 Å². The van der Waals surface area contributed by atoms with Gasteiger partial charge in [-0.05, 0) is 48.4 Å². The quantitative estimate of drug-likeness (QED) is 0.836. The molecule has 8 heteroatoms. The lowest BCUT2D eigenvalue weighted by molar-refractivity contribution is -0.116. The Balaban J connectivity index is 1.57. The standard InChI is InChI=1S/C18H20N2O5S/c1-20(2)26(22,23)15-7-5-14(6-8-15)19-18(21)10-4-13-3-9-16-17(11-13)25-12-24-16/h3,5-9,11H,4,10,12H2,1-2H3,(H,19,21). The van der Waals surface area contributed by atoms with Gasteiger partial charge in [0, 0.05) is 26.2 Å². The summed E-state index contributed by atoms with van der Waals surface area (Å²) in [5.74, 6) is 1.26. The largest absolute Gasteiger partial charge is 0.454 e. The fourth-order valence-corrected chi connectivity index (χ4v) is 3.40. The zero-order valence-electron chi connectivity index (χ0n) is 14.6. The van der Waals surface area contributed by atoms with Crippen LogP contribution in [0.3, 0.4) is 0 Å². The predicted octanol–water partition coefficient (Wildman–Crippen LogP) is 2.24. The molecule has 0 spiro atoms. The summed E-state index contributed by atoms with van der Waals surface area (Å²) in [5.41, 5.74) is 1.54. The number of fused-ring (bicyclic) bond motifs is 1. The van der Waals surface area contributed by atoms with Crippen molar-refractivity contribution in [2.45, 2.75) is 17.7 Å². The number of aryl methyl sites for hydroxylation is 1. The number of rotatable bonds is 6. The van der Waals surface area contributed by atoms with Crippen LogP contribution in [0.15, 0.2) is 47.4 Å². The molecular weight excluding hydrogens is 356 g/mol. The first-order valence-electron chi connectivity index (χ1n) is 8.07. The summed E-state index contributed by atoms with van der Waals surface area (Å²) in [5, 5.41) is 2.77. The van der Waals surface area contributed by atoms with Gasteiger partial charge in [-0.25, -0.2) is 12.7 Å². The van der Waals surface area contributed by atoms with Gasteiger partial charge in [0.05, 0.1) is 4.90 Å². The van der Waals surface area contributed by atoms with Gasteiger partial charge in [0.1, 0.15) is 0 Å². The first-order chi connectivity index (χ1) is 12.4. The minimum absolute atomic E-state index is 0.147. The molecule has 2 aromatic carbocycles. The molecule has 0 bridgehead atoms. The minimum Gasteiger partial charge on any atom is -0.454 e. The molecule has 0 fully saturated rings. The molecule has 0 aliphatic carbocycles. The fraction of sp³-hybridized carbons (Fsp3) is 0.278. The number of carbonyl (C=O) groups is 1. The van der Waals surface area contributed by atoms with Crippen molar-refractivity contribution in [3.63, 3.8) is 0 Å². The number of ether oxygens (including phenoxy) is 2. The summed E-state index contributed by atoms with van der Waals surface area (Å²) in [6, 6.07) is 11.7. The molecule has 0 unspecified atom stereocenters. The maximum Gasteiger partial charge on any atom is 0.242 e. The Kier molecular flexibility index (Phi) is 5.15. The van der Waals surface area contributed by atoms with Gasteiger partial charge in [-0.3, -0.25) is 4.79 Å². The lowest BCUT2D eigenvalue weighted by atomic mass is 10.1. The van der Waals surface area contributed by atoms with Gasteiger partial charge < -0.3 is 14.8 Å². The molecule has 1 amide bonds. The lowest BCUT2D eigenvalue weighted by Gasteiger charge is -2.12. The Morgan fingerprint density at radius 2 is 1.77 bits per heavy atom. The first-order valence-corrected chi connectivity index (χ1v) is 9.51.